The third-order valence-corrected chi connectivity index (χ3v) is 8.14. The SMILES string of the molecule is CC1(C)c2c3ccccc3cc3c4ccc5ncccc5c4n4cc[n+](c4c23)C1(C)C. The molecule has 4 heterocycles. The van der Waals surface area contributed by atoms with Crippen molar-refractivity contribution in [1.82, 2.24) is 9.38 Å². The number of hydrogen-bond donors (Lipinski definition) is 0. The maximum Gasteiger partial charge on any atom is 0.295 e. The highest BCUT2D eigenvalue weighted by atomic mass is 15.2. The number of pyridine rings is 2. The van der Waals surface area contributed by atoms with Crippen LogP contribution in [-0.4, -0.2) is 9.38 Å². The summed E-state index contributed by atoms with van der Waals surface area (Å²) in [5, 5.41) is 7.87. The second kappa shape index (κ2) is 5.23. The third kappa shape index (κ3) is 1.83. The van der Waals surface area contributed by atoms with E-state index in [0.29, 0.717) is 0 Å². The summed E-state index contributed by atoms with van der Waals surface area (Å²) < 4.78 is 4.89. The van der Waals surface area contributed by atoms with E-state index in [0.717, 1.165) is 5.52 Å². The van der Waals surface area contributed by atoms with Crippen molar-refractivity contribution in [2.75, 3.05) is 0 Å². The standard InChI is InChI=1S/C28H24N3/c1-27(2)24-18-9-6-5-8-17(18)16-21-19-11-12-22-20(10-7-13-29-22)25(19)30-14-15-31(28(27,3)4)26(30)23(21)24/h5-16H,1-4H3/q+1. The number of hydrogen-bond acceptors (Lipinski definition) is 1. The summed E-state index contributed by atoms with van der Waals surface area (Å²) in [4.78, 5) is 4.64. The highest BCUT2D eigenvalue weighted by molar-refractivity contribution is 6.22. The minimum Gasteiger partial charge on any atom is -0.256 e. The second-order valence-electron chi connectivity index (χ2n) is 9.97. The van der Waals surface area contributed by atoms with Gasteiger partial charge in [0.2, 0.25) is 0 Å². The molecule has 3 nitrogen and oxygen atoms in total. The van der Waals surface area contributed by atoms with Crippen LogP contribution in [-0.2, 0) is 11.0 Å². The monoisotopic (exact) mass is 402 g/mol. The van der Waals surface area contributed by atoms with Crippen LogP contribution < -0.4 is 4.57 Å². The predicted octanol–water partition coefficient (Wildman–Crippen LogP) is 6.26. The molecule has 0 saturated heterocycles. The fourth-order valence-corrected chi connectivity index (χ4v) is 5.93. The van der Waals surface area contributed by atoms with E-state index in [4.69, 9.17) is 0 Å². The Morgan fingerprint density at radius 1 is 0.839 bits per heavy atom. The molecule has 6 aromatic rings. The summed E-state index contributed by atoms with van der Waals surface area (Å²) in [6.45, 7) is 9.56. The van der Waals surface area contributed by atoms with Gasteiger partial charge in [0.25, 0.3) is 5.65 Å². The first kappa shape index (κ1) is 17.2. The van der Waals surface area contributed by atoms with Crippen molar-refractivity contribution in [2.45, 2.75) is 38.6 Å². The molecule has 3 aromatic heterocycles. The highest BCUT2D eigenvalue weighted by Gasteiger charge is 2.50. The molecule has 3 aromatic carbocycles. The molecule has 0 saturated carbocycles. The summed E-state index contributed by atoms with van der Waals surface area (Å²) in [6.07, 6.45) is 6.39. The molecular weight excluding hydrogens is 378 g/mol. The maximum absolute atomic E-state index is 4.64. The van der Waals surface area contributed by atoms with Gasteiger partial charge in [-0.2, -0.15) is 4.40 Å². The number of imidazole rings is 1. The van der Waals surface area contributed by atoms with Gasteiger partial charge in [0, 0.05) is 27.8 Å². The zero-order valence-electron chi connectivity index (χ0n) is 18.3. The molecule has 0 radical (unpaired) electrons. The lowest BCUT2D eigenvalue weighted by molar-refractivity contribution is -0.745. The molecule has 0 spiro atoms. The molecule has 0 amide bonds. The number of aromatic nitrogens is 3. The summed E-state index contributed by atoms with van der Waals surface area (Å²) >= 11 is 0. The van der Waals surface area contributed by atoms with E-state index in [-0.39, 0.29) is 11.0 Å². The fourth-order valence-electron chi connectivity index (χ4n) is 5.93. The Bertz CT molecular complexity index is 1730. The van der Waals surface area contributed by atoms with Gasteiger partial charge in [-0.25, -0.2) is 4.57 Å². The van der Waals surface area contributed by atoms with Gasteiger partial charge in [0.05, 0.1) is 10.9 Å². The number of fused-ring (bicyclic) bond motifs is 7. The number of nitrogens with zero attached hydrogens (tertiary/aromatic N) is 3. The largest absolute Gasteiger partial charge is 0.295 e. The van der Waals surface area contributed by atoms with Crippen LogP contribution in [0.4, 0.5) is 0 Å². The summed E-state index contributed by atoms with van der Waals surface area (Å²) in [5.74, 6) is 0. The van der Waals surface area contributed by atoms with Gasteiger partial charge in [-0.05, 0) is 60.5 Å². The molecule has 3 heteroatoms. The minimum atomic E-state index is -0.0810. The van der Waals surface area contributed by atoms with Crippen molar-refractivity contribution in [3.63, 3.8) is 0 Å². The Morgan fingerprint density at radius 2 is 1.65 bits per heavy atom. The Balaban J connectivity index is 1.92. The molecule has 0 atom stereocenters. The van der Waals surface area contributed by atoms with E-state index in [1.165, 1.54) is 49.0 Å². The van der Waals surface area contributed by atoms with Gasteiger partial charge in [-0.1, -0.05) is 38.1 Å². The van der Waals surface area contributed by atoms with Crippen molar-refractivity contribution in [1.29, 1.82) is 0 Å². The number of benzene rings is 3. The predicted molar refractivity (Wildman–Crippen MR) is 128 cm³/mol. The van der Waals surface area contributed by atoms with Crippen LogP contribution in [0.2, 0.25) is 0 Å². The summed E-state index contributed by atoms with van der Waals surface area (Å²) in [5.41, 5.74) is 4.89. The van der Waals surface area contributed by atoms with E-state index in [1.54, 1.807) is 0 Å². The van der Waals surface area contributed by atoms with Crippen LogP contribution in [0.15, 0.2) is 73.2 Å². The first-order valence-corrected chi connectivity index (χ1v) is 11.0. The Labute approximate surface area is 180 Å². The molecule has 31 heavy (non-hydrogen) atoms. The normalized spacial score (nSPS) is 16.9. The lowest BCUT2D eigenvalue weighted by atomic mass is 9.65. The van der Waals surface area contributed by atoms with Gasteiger partial charge in [-0.15, -0.1) is 0 Å². The first-order chi connectivity index (χ1) is 14.9. The molecule has 1 aliphatic rings. The molecule has 0 bridgehead atoms. The Morgan fingerprint density at radius 3 is 2.52 bits per heavy atom. The van der Waals surface area contributed by atoms with Gasteiger partial charge in [0.15, 0.2) is 0 Å². The minimum absolute atomic E-state index is 0.0439. The van der Waals surface area contributed by atoms with Crippen molar-refractivity contribution in [3.8, 4) is 0 Å². The van der Waals surface area contributed by atoms with Crippen LogP contribution in [0.3, 0.4) is 0 Å². The summed E-state index contributed by atoms with van der Waals surface area (Å²) in [7, 11) is 0. The lowest BCUT2D eigenvalue weighted by Crippen LogP contribution is -2.63. The topological polar surface area (TPSA) is 21.2 Å². The van der Waals surface area contributed by atoms with E-state index in [1.807, 2.05) is 12.3 Å². The molecule has 150 valence electrons. The van der Waals surface area contributed by atoms with Crippen LogP contribution in [0, 0.1) is 0 Å². The molecular formula is C28H24N3+. The molecule has 0 fully saturated rings. The van der Waals surface area contributed by atoms with Crippen LogP contribution in [0.5, 0.6) is 0 Å². The van der Waals surface area contributed by atoms with Gasteiger partial charge >= 0.3 is 0 Å². The van der Waals surface area contributed by atoms with Gasteiger partial charge < -0.3 is 0 Å². The van der Waals surface area contributed by atoms with Crippen molar-refractivity contribution >= 4 is 49.0 Å². The highest BCUT2D eigenvalue weighted by Crippen LogP contribution is 2.49. The van der Waals surface area contributed by atoms with Crippen molar-refractivity contribution < 1.29 is 4.57 Å². The molecule has 7 rings (SSSR count). The number of rotatable bonds is 0. The first-order valence-electron chi connectivity index (χ1n) is 11.0. The molecule has 0 N–H and O–H groups in total. The average molecular weight is 403 g/mol. The van der Waals surface area contributed by atoms with Crippen LogP contribution >= 0.6 is 0 Å². The van der Waals surface area contributed by atoms with E-state index in [2.05, 4.69) is 103 Å². The fraction of sp³-hybridized carbons (Fsp3) is 0.214. The molecule has 0 aliphatic carbocycles. The smallest absolute Gasteiger partial charge is 0.256 e. The average Bonchev–Trinajstić information content (AvgIpc) is 3.22. The Kier molecular flexibility index (Phi) is 2.91. The van der Waals surface area contributed by atoms with Crippen LogP contribution in [0.1, 0.15) is 33.3 Å². The van der Waals surface area contributed by atoms with Crippen LogP contribution in [0.25, 0.3) is 49.0 Å². The Hall–Kier alpha value is -3.46. The quantitative estimate of drug-likeness (QED) is 0.167. The molecule has 0 unspecified atom stereocenters. The van der Waals surface area contributed by atoms with E-state index >= 15 is 0 Å². The summed E-state index contributed by atoms with van der Waals surface area (Å²) in [6, 6.07) is 19.9. The molecule has 1 aliphatic heterocycles. The lowest BCUT2D eigenvalue weighted by Gasteiger charge is -2.43. The van der Waals surface area contributed by atoms with Gasteiger partial charge in [0.1, 0.15) is 23.4 Å². The van der Waals surface area contributed by atoms with E-state index < -0.39 is 0 Å². The van der Waals surface area contributed by atoms with Crippen molar-refractivity contribution in [2.24, 2.45) is 0 Å². The zero-order valence-corrected chi connectivity index (χ0v) is 18.3. The van der Waals surface area contributed by atoms with Gasteiger partial charge in [-0.3, -0.25) is 4.98 Å². The second-order valence-corrected chi connectivity index (χ2v) is 9.97. The third-order valence-electron chi connectivity index (χ3n) is 8.14. The maximum atomic E-state index is 4.64. The van der Waals surface area contributed by atoms with Crippen molar-refractivity contribution in [3.05, 3.63) is 78.8 Å². The zero-order chi connectivity index (χ0) is 21.1. The van der Waals surface area contributed by atoms with E-state index in [9.17, 15) is 0 Å².